The fourth-order valence-electron chi connectivity index (χ4n) is 2.97. The van der Waals surface area contributed by atoms with E-state index in [2.05, 4.69) is 65.8 Å². The van der Waals surface area contributed by atoms with Gasteiger partial charge in [-0.15, -0.1) is 0 Å². The quantitative estimate of drug-likeness (QED) is 0.708. The van der Waals surface area contributed by atoms with Gasteiger partial charge in [-0.2, -0.15) is 11.3 Å². The van der Waals surface area contributed by atoms with Crippen molar-refractivity contribution in [1.82, 2.24) is 9.47 Å². The highest BCUT2D eigenvalue weighted by molar-refractivity contribution is 7.08. The van der Waals surface area contributed by atoms with Crippen LogP contribution in [0, 0.1) is 0 Å². The van der Waals surface area contributed by atoms with Gasteiger partial charge in [0.1, 0.15) is 5.75 Å². The molecular weight excluding hydrogens is 292 g/mol. The average molecular weight is 314 g/mol. The van der Waals surface area contributed by atoms with E-state index in [9.17, 15) is 0 Å². The fraction of sp³-hybridized carbons (Fsp3) is 0.333. The van der Waals surface area contributed by atoms with Gasteiger partial charge in [0.05, 0.1) is 12.6 Å². The van der Waals surface area contributed by atoms with E-state index in [1.54, 1.807) is 18.4 Å². The SMILES string of the molecule is COc1ccc(-c2ccsc2)c2c1c(CCN(C)C)cn2C. The molecule has 3 rings (SSSR count). The maximum atomic E-state index is 5.64. The normalized spacial score (nSPS) is 11.5. The molecule has 0 bridgehead atoms. The summed E-state index contributed by atoms with van der Waals surface area (Å²) in [6.07, 6.45) is 3.26. The zero-order valence-electron chi connectivity index (χ0n) is 13.6. The lowest BCUT2D eigenvalue weighted by atomic mass is 10.0. The van der Waals surface area contributed by atoms with E-state index in [1.165, 1.54) is 27.6 Å². The topological polar surface area (TPSA) is 17.4 Å². The molecule has 22 heavy (non-hydrogen) atoms. The molecule has 0 radical (unpaired) electrons. The van der Waals surface area contributed by atoms with Gasteiger partial charge < -0.3 is 14.2 Å². The lowest BCUT2D eigenvalue weighted by molar-refractivity contribution is 0.411. The van der Waals surface area contributed by atoms with E-state index in [4.69, 9.17) is 4.74 Å². The number of rotatable bonds is 5. The smallest absolute Gasteiger partial charge is 0.128 e. The number of aryl methyl sites for hydroxylation is 1. The third kappa shape index (κ3) is 2.64. The van der Waals surface area contributed by atoms with E-state index < -0.39 is 0 Å². The maximum Gasteiger partial charge on any atom is 0.128 e. The van der Waals surface area contributed by atoms with Crippen molar-refractivity contribution < 1.29 is 4.74 Å². The Morgan fingerprint density at radius 3 is 2.68 bits per heavy atom. The van der Waals surface area contributed by atoms with Crippen LogP contribution in [0.2, 0.25) is 0 Å². The van der Waals surface area contributed by atoms with Gasteiger partial charge in [0.15, 0.2) is 0 Å². The van der Waals surface area contributed by atoms with Gasteiger partial charge in [-0.25, -0.2) is 0 Å². The molecule has 2 aromatic heterocycles. The number of hydrogen-bond acceptors (Lipinski definition) is 3. The number of hydrogen-bond donors (Lipinski definition) is 0. The lowest BCUT2D eigenvalue weighted by Gasteiger charge is -2.11. The number of benzene rings is 1. The summed E-state index contributed by atoms with van der Waals surface area (Å²) in [4.78, 5) is 2.22. The predicted octanol–water partition coefficient (Wildman–Crippen LogP) is 4.02. The van der Waals surface area contributed by atoms with E-state index in [-0.39, 0.29) is 0 Å². The van der Waals surface area contributed by atoms with Crippen LogP contribution in [0.5, 0.6) is 5.75 Å². The Bertz CT molecular complexity index is 772. The molecule has 0 N–H and O–H groups in total. The molecule has 3 aromatic rings. The second-order valence-corrected chi connectivity index (χ2v) is 6.65. The van der Waals surface area contributed by atoms with Gasteiger partial charge >= 0.3 is 0 Å². The Morgan fingerprint density at radius 2 is 2.05 bits per heavy atom. The molecule has 4 heteroatoms. The molecule has 0 spiro atoms. The maximum absolute atomic E-state index is 5.64. The summed E-state index contributed by atoms with van der Waals surface area (Å²) in [5, 5.41) is 5.57. The Kier molecular flexibility index (Phi) is 4.23. The van der Waals surface area contributed by atoms with E-state index in [0.717, 1.165) is 18.7 Å². The van der Waals surface area contributed by atoms with Crippen LogP contribution in [-0.2, 0) is 13.5 Å². The molecule has 0 saturated heterocycles. The third-order valence-electron chi connectivity index (χ3n) is 4.04. The van der Waals surface area contributed by atoms with Crippen molar-refractivity contribution in [3.8, 4) is 16.9 Å². The first-order valence-electron chi connectivity index (χ1n) is 7.44. The molecule has 1 aromatic carbocycles. The molecule has 0 aliphatic carbocycles. The summed E-state index contributed by atoms with van der Waals surface area (Å²) in [7, 11) is 8.09. The number of methoxy groups -OCH3 is 1. The number of fused-ring (bicyclic) bond motifs is 1. The zero-order valence-corrected chi connectivity index (χ0v) is 14.4. The van der Waals surface area contributed by atoms with Crippen LogP contribution >= 0.6 is 11.3 Å². The first-order chi connectivity index (χ1) is 10.6. The highest BCUT2D eigenvalue weighted by atomic mass is 32.1. The monoisotopic (exact) mass is 314 g/mol. The number of aromatic nitrogens is 1. The number of ether oxygens (including phenoxy) is 1. The van der Waals surface area contributed by atoms with Gasteiger partial charge in [0.2, 0.25) is 0 Å². The summed E-state index contributed by atoms with van der Waals surface area (Å²) in [5.41, 5.74) is 5.15. The summed E-state index contributed by atoms with van der Waals surface area (Å²) in [5.74, 6) is 0.961. The molecule has 3 nitrogen and oxygen atoms in total. The lowest BCUT2D eigenvalue weighted by Crippen LogP contribution is -2.14. The van der Waals surface area contributed by atoms with Crippen LogP contribution in [0.25, 0.3) is 22.0 Å². The fourth-order valence-corrected chi connectivity index (χ4v) is 3.62. The molecule has 0 atom stereocenters. The van der Waals surface area contributed by atoms with Crippen LogP contribution < -0.4 is 4.74 Å². The highest BCUT2D eigenvalue weighted by Crippen LogP contribution is 2.38. The van der Waals surface area contributed by atoms with Gasteiger partial charge in [-0.1, -0.05) is 0 Å². The molecule has 0 unspecified atom stereocenters. The Morgan fingerprint density at radius 1 is 1.23 bits per heavy atom. The molecule has 0 fully saturated rings. The van der Waals surface area contributed by atoms with Crippen molar-refractivity contribution >= 4 is 22.2 Å². The van der Waals surface area contributed by atoms with Crippen LogP contribution in [0.1, 0.15) is 5.56 Å². The molecule has 0 amide bonds. The van der Waals surface area contributed by atoms with Crippen molar-refractivity contribution in [1.29, 1.82) is 0 Å². The van der Waals surface area contributed by atoms with Gasteiger partial charge in [-0.05, 0) is 60.6 Å². The van der Waals surface area contributed by atoms with Crippen molar-refractivity contribution in [2.45, 2.75) is 6.42 Å². The van der Waals surface area contributed by atoms with Crippen LogP contribution in [0.4, 0.5) is 0 Å². The second kappa shape index (κ2) is 6.15. The Hall–Kier alpha value is -1.78. The van der Waals surface area contributed by atoms with Gasteiger partial charge in [0.25, 0.3) is 0 Å². The molecule has 116 valence electrons. The van der Waals surface area contributed by atoms with Crippen LogP contribution in [0.15, 0.2) is 35.2 Å². The predicted molar refractivity (Wildman–Crippen MR) is 95.0 cm³/mol. The standard InChI is InChI=1S/C18H22N2OS/c1-19(2)9-7-13-11-20(3)18-15(14-8-10-22-12-14)5-6-16(21-4)17(13)18/h5-6,8,10-12H,7,9H2,1-4H3. The number of likely N-dealkylation sites (N-methyl/N-ethyl adjacent to an activating group) is 1. The number of nitrogens with zero attached hydrogens (tertiary/aromatic N) is 2. The minimum absolute atomic E-state index is 0.961. The Labute approximate surface area is 135 Å². The van der Waals surface area contributed by atoms with Crippen molar-refractivity contribution in [2.24, 2.45) is 7.05 Å². The molecule has 0 saturated carbocycles. The van der Waals surface area contributed by atoms with Crippen molar-refractivity contribution in [2.75, 3.05) is 27.7 Å². The average Bonchev–Trinajstić information content (AvgIpc) is 3.13. The second-order valence-electron chi connectivity index (χ2n) is 5.87. The molecule has 2 heterocycles. The summed E-state index contributed by atoms with van der Waals surface area (Å²) >= 11 is 1.73. The zero-order chi connectivity index (χ0) is 15.7. The number of thiophene rings is 1. The first-order valence-corrected chi connectivity index (χ1v) is 8.38. The van der Waals surface area contributed by atoms with E-state index >= 15 is 0 Å². The summed E-state index contributed by atoms with van der Waals surface area (Å²) < 4.78 is 7.87. The van der Waals surface area contributed by atoms with Crippen molar-refractivity contribution in [3.63, 3.8) is 0 Å². The molecule has 0 aliphatic heterocycles. The first kappa shape index (κ1) is 15.1. The molecule has 0 aliphatic rings. The van der Waals surface area contributed by atoms with Crippen LogP contribution in [-0.4, -0.2) is 37.2 Å². The minimum Gasteiger partial charge on any atom is -0.496 e. The molecular formula is C18H22N2OS. The van der Waals surface area contributed by atoms with Gasteiger partial charge in [0, 0.05) is 30.7 Å². The van der Waals surface area contributed by atoms with Gasteiger partial charge in [-0.3, -0.25) is 0 Å². The van der Waals surface area contributed by atoms with E-state index in [1.807, 2.05) is 0 Å². The van der Waals surface area contributed by atoms with E-state index in [0.29, 0.717) is 0 Å². The highest BCUT2D eigenvalue weighted by Gasteiger charge is 2.16. The summed E-state index contributed by atoms with van der Waals surface area (Å²) in [6.45, 7) is 1.03. The minimum atomic E-state index is 0.961. The third-order valence-corrected chi connectivity index (χ3v) is 4.73. The Balaban J connectivity index is 2.21. The van der Waals surface area contributed by atoms with Crippen LogP contribution in [0.3, 0.4) is 0 Å². The largest absolute Gasteiger partial charge is 0.496 e. The summed E-state index contributed by atoms with van der Waals surface area (Å²) in [6, 6.07) is 6.44. The van der Waals surface area contributed by atoms with Crippen molar-refractivity contribution in [3.05, 3.63) is 40.7 Å².